The number of halogens is 3. The van der Waals surface area contributed by atoms with Gasteiger partial charge < -0.3 is 9.88 Å². The molecule has 2 aliphatic rings. The second-order valence-electron chi connectivity index (χ2n) is 8.41. The average molecular weight is 495 g/mol. The highest BCUT2D eigenvalue weighted by atomic mass is 35.5. The molecule has 1 aromatic carbocycles. The summed E-state index contributed by atoms with van der Waals surface area (Å²) in [6.07, 6.45) is 8.79. The number of rotatable bonds is 4. The molecule has 1 saturated heterocycles. The topological polar surface area (TPSA) is 105 Å². The van der Waals surface area contributed by atoms with E-state index in [1.807, 2.05) is 0 Å². The van der Waals surface area contributed by atoms with Crippen molar-refractivity contribution in [2.75, 3.05) is 0 Å². The summed E-state index contributed by atoms with van der Waals surface area (Å²) in [4.78, 5) is 26.4. The van der Waals surface area contributed by atoms with Crippen LogP contribution in [-0.4, -0.2) is 52.0 Å². The SMILES string of the molecule is O=C1C=C(c2c(-n3cnnn3)ccc(Cl)c2F)C[C@H]2CC[C@@H](c3ncc(-c4ccncc4F)[nH]3)N12. The van der Waals surface area contributed by atoms with Crippen molar-refractivity contribution < 1.29 is 13.6 Å². The summed E-state index contributed by atoms with van der Waals surface area (Å²) in [6.45, 7) is 0. The summed E-state index contributed by atoms with van der Waals surface area (Å²) < 4.78 is 30.7. The smallest absolute Gasteiger partial charge is 0.247 e. The van der Waals surface area contributed by atoms with Gasteiger partial charge in [-0.25, -0.2) is 13.8 Å². The number of benzene rings is 1. The fourth-order valence-electron chi connectivity index (χ4n) is 4.94. The van der Waals surface area contributed by atoms with Crippen LogP contribution in [0.4, 0.5) is 8.78 Å². The molecule has 2 aliphatic heterocycles. The number of nitrogens with one attached hydrogen (secondary N) is 1. The molecule has 2 atom stereocenters. The minimum Gasteiger partial charge on any atom is -0.340 e. The first-order valence-electron chi connectivity index (χ1n) is 10.9. The lowest BCUT2D eigenvalue weighted by atomic mass is 9.92. The number of imidazole rings is 1. The summed E-state index contributed by atoms with van der Waals surface area (Å²) >= 11 is 6.08. The van der Waals surface area contributed by atoms with Crippen LogP contribution in [0.15, 0.2) is 49.2 Å². The number of fused-ring (bicyclic) bond motifs is 1. The third-order valence-corrected chi connectivity index (χ3v) is 6.77. The van der Waals surface area contributed by atoms with Crippen molar-refractivity contribution in [2.45, 2.75) is 31.3 Å². The van der Waals surface area contributed by atoms with Crippen LogP contribution in [0.3, 0.4) is 0 Å². The molecule has 1 fully saturated rings. The Labute approximate surface area is 202 Å². The first-order valence-corrected chi connectivity index (χ1v) is 11.3. The second kappa shape index (κ2) is 8.35. The lowest BCUT2D eigenvalue weighted by Gasteiger charge is -2.33. The molecule has 0 spiro atoms. The van der Waals surface area contributed by atoms with E-state index in [0.717, 1.165) is 6.20 Å². The van der Waals surface area contributed by atoms with Gasteiger partial charge in [0.1, 0.15) is 12.2 Å². The largest absolute Gasteiger partial charge is 0.340 e. The molecule has 176 valence electrons. The van der Waals surface area contributed by atoms with Gasteiger partial charge in [0.05, 0.1) is 34.8 Å². The molecule has 9 nitrogen and oxygen atoms in total. The number of pyridine rings is 1. The van der Waals surface area contributed by atoms with Crippen LogP contribution in [0.25, 0.3) is 22.5 Å². The number of nitrogens with zero attached hydrogens (tertiary/aromatic N) is 7. The zero-order valence-corrected chi connectivity index (χ0v) is 18.8. The van der Waals surface area contributed by atoms with Crippen molar-refractivity contribution >= 4 is 23.1 Å². The molecule has 0 radical (unpaired) electrons. The Balaban J connectivity index is 1.34. The van der Waals surface area contributed by atoms with Gasteiger partial charge in [0.25, 0.3) is 0 Å². The molecule has 6 rings (SSSR count). The molecule has 0 saturated carbocycles. The first-order chi connectivity index (χ1) is 17.0. The van der Waals surface area contributed by atoms with Gasteiger partial charge in [-0.05, 0) is 53.5 Å². The molecule has 12 heteroatoms. The van der Waals surface area contributed by atoms with Crippen molar-refractivity contribution in [1.82, 2.24) is 40.1 Å². The summed E-state index contributed by atoms with van der Waals surface area (Å²) in [5.74, 6) is -0.770. The minimum atomic E-state index is -0.628. The van der Waals surface area contributed by atoms with Crippen molar-refractivity contribution in [3.05, 3.63) is 77.2 Å². The van der Waals surface area contributed by atoms with Crippen LogP contribution in [0.2, 0.25) is 5.02 Å². The van der Waals surface area contributed by atoms with Gasteiger partial charge in [-0.15, -0.1) is 5.10 Å². The van der Waals surface area contributed by atoms with Gasteiger partial charge in [-0.1, -0.05) is 11.6 Å². The van der Waals surface area contributed by atoms with E-state index >= 15 is 4.39 Å². The maximum Gasteiger partial charge on any atom is 0.247 e. The molecule has 5 heterocycles. The van der Waals surface area contributed by atoms with E-state index < -0.39 is 11.6 Å². The lowest BCUT2D eigenvalue weighted by Crippen LogP contribution is -2.39. The van der Waals surface area contributed by atoms with Crippen LogP contribution >= 0.6 is 11.6 Å². The number of H-pyrrole nitrogens is 1. The molecular formula is C23H17ClF2N8O. The van der Waals surface area contributed by atoms with Crippen LogP contribution in [0.1, 0.15) is 36.7 Å². The number of carbonyl (C=O) groups is 1. The monoisotopic (exact) mass is 494 g/mol. The van der Waals surface area contributed by atoms with Gasteiger partial charge in [-0.3, -0.25) is 9.78 Å². The Morgan fingerprint density at radius 1 is 1.14 bits per heavy atom. The highest BCUT2D eigenvalue weighted by molar-refractivity contribution is 6.31. The summed E-state index contributed by atoms with van der Waals surface area (Å²) in [7, 11) is 0. The maximum atomic E-state index is 15.2. The first kappa shape index (κ1) is 21.5. The Kier molecular flexibility index (Phi) is 5.14. The number of carbonyl (C=O) groups excluding carboxylic acids is 1. The van der Waals surface area contributed by atoms with E-state index in [2.05, 4.69) is 30.5 Å². The molecule has 0 aliphatic carbocycles. The van der Waals surface area contributed by atoms with E-state index in [-0.39, 0.29) is 28.6 Å². The molecule has 1 amide bonds. The van der Waals surface area contributed by atoms with E-state index in [0.29, 0.717) is 47.6 Å². The number of amides is 1. The molecule has 1 N–H and O–H groups in total. The van der Waals surface area contributed by atoms with Crippen LogP contribution in [0.5, 0.6) is 0 Å². The van der Waals surface area contributed by atoms with Crippen LogP contribution in [0, 0.1) is 11.6 Å². The number of tetrazole rings is 1. The van der Waals surface area contributed by atoms with Gasteiger partial charge in [0, 0.05) is 29.4 Å². The van der Waals surface area contributed by atoms with Crippen LogP contribution in [-0.2, 0) is 4.79 Å². The lowest BCUT2D eigenvalue weighted by molar-refractivity contribution is -0.129. The Hall–Kier alpha value is -3.99. The molecule has 4 aromatic rings. The highest BCUT2D eigenvalue weighted by Crippen LogP contribution is 2.44. The highest BCUT2D eigenvalue weighted by Gasteiger charge is 2.42. The van der Waals surface area contributed by atoms with E-state index in [4.69, 9.17) is 11.6 Å². The van der Waals surface area contributed by atoms with Crippen LogP contribution < -0.4 is 0 Å². The number of hydrogen-bond donors (Lipinski definition) is 1. The van der Waals surface area contributed by atoms with E-state index in [9.17, 15) is 9.18 Å². The molecule has 0 unspecified atom stereocenters. The number of hydrogen-bond acceptors (Lipinski definition) is 6. The van der Waals surface area contributed by atoms with Crippen molar-refractivity contribution in [2.24, 2.45) is 0 Å². The number of aromatic nitrogens is 7. The summed E-state index contributed by atoms with van der Waals surface area (Å²) in [6, 6.07) is 4.16. The zero-order chi connectivity index (χ0) is 24.1. The summed E-state index contributed by atoms with van der Waals surface area (Å²) in [5, 5.41) is 11.1. The maximum absolute atomic E-state index is 15.2. The van der Waals surface area contributed by atoms with Crippen molar-refractivity contribution in [3.8, 4) is 16.9 Å². The van der Waals surface area contributed by atoms with Gasteiger partial charge in [0.2, 0.25) is 5.91 Å². The fraction of sp³-hybridized carbons (Fsp3) is 0.217. The van der Waals surface area contributed by atoms with Gasteiger partial charge >= 0.3 is 0 Å². The third-order valence-electron chi connectivity index (χ3n) is 6.47. The van der Waals surface area contributed by atoms with Crippen molar-refractivity contribution in [1.29, 1.82) is 0 Å². The molecule has 35 heavy (non-hydrogen) atoms. The quantitative estimate of drug-likeness (QED) is 0.461. The fourth-order valence-corrected chi connectivity index (χ4v) is 5.10. The van der Waals surface area contributed by atoms with E-state index in [1.165, 1.54) is 29.3 Å². The molecule has 0 bridgehead atoms. The Morgan fingerprint density at radius 3 is 2.83 bits per heavy atom. The zero-order valence-electron chi connectivity index (χ0n) is 18.1. The Bertz CT molecular complexity index is 1470. The summed E-state index contributed by atoms with van der Waals surface area (Å²) in [5.41, 5.74) is 1.99. The average Bonchev–Trinajstić information content (AvgIpc) is 3.61. The third kappa shape index (κ3) is 3.59. The molecule has 3 aromatic heterocycles. The second-order valence-corrected chi connectivity index (χ2v) is 8.82. The minimum absolute atomic E-state index is 0.0524. The normalized spacial score (nSPS) is 19.7. The molecular weight excluding hydrogens is 478 g/mol. The number of aromatic amines is 1. The van der Waals surface area contributed by atoms with E-state index in [1.54, 1.807) is 23.2 Å². The van der Waals surface area contributed by atoms with Crippen molar-refractivity contribution in [3.63, 3.8) is 0 Å². The predicted octanol–water partition coefficient (Wildman–Crippen LogP) is 3.90. The standard InChI is InChI=1S/C23H17ClF2N8O/c24-15-2-4-18(33-11-29-31-32-33)21(22(15)26)12-7-13-1-3-19(34(13)20(35)8-12)23-28-10-17(30-23)14-5-6-27-9-16(14)25/h2,4-6,8-11,13,19H,1,3,7H2,(H,28,30)/t13-,19+/m1/s1. The Morgan fingerprint density at radius 2 is 2.03 bits per heavy atom. The van der Waals surface area contributed by atoms with Gasteiger partial charge in [0.15, 0.2) is 11.6 Å². The van der Waals surface area contributed by atoms with Gasteiger partial charge in [-0.2, -0.15) is 4.68 Å². The predicted molar refractivity (Wildman–Crippen MR) is 121 cm³/mol.